The lowest BCUT2D eigenvalue weighted by atomic mass is 9.99. The van der Waals surface area contributed by atoms with E-state index in [2.05, 4.69) is 65.1 Å². The summed E-state index contributed by atoms with van der Waals surface area (Å²) in [7, 11) is 1.70. The van der Waals surface area contributed by atoms with E-state index >= 15 is 0 Å². The second-order valence-electron chi connectivity index (χ2n) is 7.13. The topological polar surface area (TPSA) is 17.4 Å². The van der Waals surface area contributed by atoms with E-state index in [1.165, 1.54) is 27.9 Å². The van der Waals surface area contributed by atoms with E-state index in [1.54, 1.807) is 7.11 Å². The standard InChI is InChI=1S/C23H26N2O.ClH/c1-18-21(16-24-13-11-20-5-3-4-6-22(20)17-24)12-14-25(18)15-19-7-9-23(26-2)10-8-19;/h3-10,12,14H,11,13,15-17H2,1-2H3;1H. The molecule has 0 atom stereocenters. The first-order valence-corrected chi connectivity index (χ1v) is 9.29. The van der Waals surface area contributed by atoms with E-state index < -0.39 is 0 Å². The third kappa shape index (κ3) is 4.37. The van der Waals surface area contributed by atoms with Gasteiger partial charge in [-0.25, -0.2) is 0 Å². The highest BCUT2D eigenvalue weighted by molar-refractivity contribution is 5.85. The van der Waals surface area contributed by atoms with E-state index in [4.69, 9.17) is 4.74 Å². The Morgan fingerprint density at radius 2 is 1.67 bits per heavy atom. The summed E-state index contributed by atoms with van der Waals surface area (Å²) in [6.45, 7) is 6.35. The van der Waals surface area contributed by atoms with Crippen molar-refractivity contribution in [1.29, 1.82) is 0 Å². The molecule has 0 saturated heterocycles. The highest BCUT2D eigenvalue weighted by Gasteiger charge is 2.17. The van der Waals surface area contributed by atoms with Crippen LogP contribution >= 0.6 is 12.4 Å². The van der Waals surface area contributed by atoms with Gasteiger partial charge in [-0.3, -0.25) is 4.90 Å². The van der Waals surface area contributed by atoms with Gasteiger partial charge in [0.25, 0.3) is 0 Å². The van der Waals surface area contributed by atoms with Crippen molar-refractivity contribution in [3.8, 4) is 5.75 Å². The minimum absolute atomic E-state index is 0. The Morgan fingerprint density at radius 1 is 0.926 bits per heavy atom. The molecule has 27 heavy (non-hydrogen) atoms. The molecule has 0 N–H and O–H groups in total. The number of fused-ring (bicyclic) bond motifs is 1. The third-order valence-electron chi connectivity index (χ3n) is 5.47. The lowest BCUT2D eigenvalue weighted by Crippen LogP contribution is -2.30. The van der Waals surface area contributed by atoms with Crippen LogP contribution in [0, 0.1) is 6.92 Å². The SMILES string of the molecule is COc1ccc(Cn2ccc(CN3CCc4ccccc4C3)c2C)cc1.Cl. The molecule has 0 aliphatic carbocycles. The number of aromatic nitrogens is 1. The molecule has 0 saturated carbocycles. The van der Waals surface area contributed by atoms with Crippen molar-refractivity contribution in [1.82, 2.24) is 9.47 Å². The summed E-state index contributed by atoms with van der Waals surface area (Å²) < 4.78 is 7.59. The average molecular weight is 383 g/mol. The van der Waals surface area contributed by atoms with E-state index in [-0.39, 0.29) is 12.4 Å². The molecular formula is C23H27ClN2O. The van der Waals surface area contributed by atoms with Gasteiger partial charge >= 0.3 is 0 Å². The summed E-state index contributed by atoms with van der Waals surface area (Å²) in [5, 5.41) is 0. The monoisotopic (exact) mass is 382 g/mol. The molecule has 0 spiro atoms. The van der Waals surface area contributed by atoms with Crippen molar-refractivity contribution in [3.05, 3.63) is 88.7 Å². The lowest BCUT2D eigenvalue weighted by Gasteiger charge is -2.28. The maximum Gasteiger partial charge on any atom is 0.118 e. The molecule has 2 heterocycles. The van der Waals surface area contributed by atoms with Gasteiger partial charge in [-0.1, -0.05) is 36.4 Å². The normalized spacial score (nSPS) is 13.7. The number of nitrogens with zero attached hydrogens (tertiary/aromatic N) is 2. The molecule has 3 nitrogen and oxygen atoms in total. The van der Waals surface area contributed by atoms with Crippen LogP contribution in [0.15, 0.2) is 60.8 Å². The highest BCUT2D eigenvalue weighted by Crippen LogP contribution is 2.22. The number of rotatable bonds is 5. The predicted octanol–water partition coefficient (Wildman–Crippen LogP) is 4.83. The third-order valence-corrected chi connectivity index (χ3v) is 5.47. The van der Waals surface area contributed by atoms with Gasteiger partial charge in [0.2, 0.25) is 0 Å². The molecule has 3 aromatic rings. The summed E-state index contributed by atoms with van der Waals surface area (Å²) in [4.78, 5) is 2.56. The molecular weight excluding hydrogens is 356 g/mol. The number of hydrogen-bond acceptors (Lipinski definition) is 2. The Bertz CT molecular complexity index is 886. The van der Waals surface area contributed by atoms with Crippen LogP contribution in [0.5, 0.6) is 5.75 Å². The smallest absolute Gasteiger partial charge is 0.118 e. The van der Waals surface area contributed by atoms with Crippen molar-refractivity contribution in [2.45, 2.75) is 33.0 Å². The first-order chi connectivity index (χ1) is 12.7. The largest absolute Gasteiger partial charge is 0.497 e. The zero-order chi connectivity index (χ0) is 17.9. The minimum atomic E-state index is 0. The molecule has 0 fully saturated rings. The maximum absolute atomic E-state index is 5.24. The van der Waals surface area contributed by atoms with E-state index in [0.29, 0.717) is 0 Å². The van der Waals surface area contributed by atoms with Gasteiger partial charge in [-0.15, -0.1) is 12.4 Å². The Morgan fingerprint density at radius 3 is 2.41 bits per heavy atom. The van der Waals surface area contributed by atoms with Gasteiger partial charge in [0.15, 0.2) is 0 Å². The average Bonchev–Trinajstić information content (AvgIpc) is 3.02. The molecule has 0 radical (unpaired) electrons. The first-order valence-electron chi connectivity index (χ1n) is 9.29. The van der Waals surface area contributed by atoms with Gasteiger partial charge in [-0.05, 0) is 53.8 Å². The summed E-state index contributed by atoms with van der Waals surface area (Å²) in [6.07, 6.45) is 3.37. The van der Waals surface area contributed by atoms with E-state index in [0.717, 1.165) is 38.3 Å². The minimum Gasteiger partial charge on any atom is -0.497 e. The molecule has 0 unspecified atom stereocenters. The Hall–Kier alpha value is -2.23. The number of halogens is 1. The summed E-state index contributed by atoms with van der Waals surface area (Å²) >= 11 is 0. The Balaban J connectivity index is 0.00000210. The molecule has 0 amide bonds. The number of benzene rings is 2. The summed E-state index contributed by atoms with van der Waals surface area (Å²) in [5.74, 6) is 0.907. The van der Waals surface area contributed by atoms with Crippen molar-refractivity contribution in [2.24, 2.45) is 0 Å². The molecule has 1 aliphatic heterocycles. The molecule has 142 valence electrons. The Kier molecular flexibility index (Phi) is 6.25. The number of ether oxygens (including phenoxy) is 1. The van der Waals surface area contributed by atoms with Crippen LogP contribution in [0.25, 0.3) is 0 Å². The summed E-state index contributed by atoms with van der Waals surface area (Å²) in [6, 6.07) is 19.4. The molecule has 0 bridgehead atoms. The predicted molar refractivity (Wildman–Crippen MR) is 113 cm³/mol. The number of hydrogen-bond donors (Lipinski definition) is 0. The van der Waals surface area contributed by atoms with Crippen molar-refractivity contribution in [2.75, 3.05) is 13.7 Å². The van der Waals surface area contributed by atoms with Gasteiger partial charge in [0, 0.05) is 38.1 Å². The first kappa shape index (κ1) is 19.5. The van der Waals surface area contributed by atoms with E-state index in [9.17, 15) is 0 Å². The zero-order valence-electron chi connectivity index (χ0n) is 16.0. The maximum atomic E-state index is 5.24. The fourth-order valence-electron chi connectivity index (χ4n) is 3.79. The molecule has 4 heteroatoms. The van der Waals surface area contributed by atoms with Crippen LogP contribution in [-0.4, -0.2) is 23.1 Å². The molecule has 4 rings (SSSR count). The zero-order valence-corrected chi connectivity index (χ0v) is 16.8. The van der Waals surface area contributed by atoms with Gasteiger partial charge in [0.1, 0.15) is 5.75 Å². The number of methoxy groups -OCH3 is 1. The van der Waals surface area contributed by atoms with Crippen LogP contribution in [0.1, 0.15) is 27.9 Å². The molecule has 1 aliphatic rings. The quantitative estimate of drug-likeness (QED) is 0.628. The van der Waals surface area contributed by atoms with Crippen LogP contribution in [0.4, 0.5) is 0 Å². The fraction of sp³-hybridized carbons (Fsp3) is 0.304. The van der Waals surface area contributed by atoms with Gasteiger partial charge in [0.05, 0.1) is 7.11 Å². The second kappa shape index (κ2) is 8.64. The van der Waals surface area contributed by atoms with Gasteiger partial charge in [-0.2, -0.15) is 0 Å². The van der Waals surface area contributed by atoms with Crippen LogP contribution in [0.3, 0.4) is 0 Å². The van der Waals surface area contributed by atoms with Crippen LogP contribution < -0.4 is 4.74 Å². The van der Waals surface area contributed by atoms with Crippen LogP contribution in [-0.2, 0) is 26.1 Å². The van der Waals surface area contributed by atoms with Crippen molar-refractivity contribution in [3.63, 3.8) is 0 Å². The van der Waals surface area contributed by atoms with Gasteiger partial charge < -0.3 is 9.30 Å². The van der Waals surface area contributed by atoms with Crippen LogP contribution in [0.2, 0.25) is 0 Å². The van der Waals surface area contributed by atoms with Crippen molar-refractivity contribution >= 4 is 12.4 Å². The van der Waals surface area contributed by atoms with Crippen molar-refractivity contribution < 1.29 is 4.74 Å². The molecule has 2 aromatic carbocycles. The highest BCUT2D eigenvalue weighted by atomic mass is 35.5. The fourth-order valence-corrected chi connectivity index (χ4v) is 3.79. The van der Waals surface area contributed by atoms with E-state index in [1.807, 2.05) is 12.1 Å². The summed E-state index contributed by atoms with van der Waals surface area (Å²) in [5.41, 5.74) is 7.08. The second-order valence-corrected chi connectivity index (χ2v) is 7.13. The molecule has 1 aromatic heterocycles. The Labute approximate surface area is 168 Å². The lowest BCUT2D eigenvalue weighted by molar-refractivity contribution is 0.245.